The number of anilines is 1. The van der Waals surface area contributed by atoms with Crippen LogP contribution in [0.15, 0.2) is 42.5 Å². The second-order valence-corrected chi connectivity index (χ2v) is 11.6. The lowest BCUT2D eigenvalue weighted by atomic mass is 10.1. The van der Waals surface area contributed by atoms with Crippen LogP contribution >= 0.6 is 11.6 Å². The maximum Gasteiger partial charge on any atom is 0.242 e. The topological polar surface area (TPSA) is 86.8 Å². The van der Waals surface area contributed by atoms with Crippen molar-refractivity contribution in [1.29, 1.82) is 0 Å². The number of carbonyl (C=O) groups is 2. The van der Waals surface area contributed by atoms with Crippen LogP contribution in [0.3, 0.4) is 0 Å². The van der Waals surface area contributed by atoms with Gasteiger partial charge in [0.2, 0.25) is 21.8 Å². The summed E-state index contributed by atoms with van der Waals surface area (Å²) in [5.41, 5.74) is 3.15. The molecule has 0 aliphatic carbocycles. The number of nitrogens with one attached hydrogen (secondary N) is 1. The number of hydrogen-bond donors (Lipinski definition) is 1. The molecule has 198 valence electrons. The SMILES string of the molecule is CC[C@H](C)NC(=O)[C@@H](C)N(Cc1ccccc1C)C(=O)CCCN(c1cccc(Cl)c1C)S(C)(=O)=O. The van der Waals surface area contributed by atoms with Crippen molar-refractivity contribution in [3.8, 4) is 0 Å². The molecule has 0 fully saturated rings. The molecule has 0 unspecified atom stereocenters. The fourth-order valence-corrected chi connectivity index (χ4v) is 5.05. The Kier molecular flexibility index (Phi) is 10.8. The van der Waals surface area contributed by atoms with Crippen molar-refractivity contribution in [2.24, 2.45) is 0 Å². The van der Waals surface area contributed by atoms with Crippen LogP contribution in [-0.2, 0) is 26.2 Å². The first-order chi connectivity index (χ1) is 16.9. The number of halogens is 1. The van der Waals surface area contributed by atoms with Crippen molar-refractivity contribution in [3.63, 3.8) is 0 Å². The quantitative estimate of drug-likeness (QED) is 0.421. The molecule has 0 saturated carbocycles. The predicted octanol–water partition coefficient (Wildman–Crippen LogP) is 4.84. The number of benzene rings is 2. The fraction of sp³-hybridized carbons (Fsp3) is 0.481. The first kappa shape index (κ1) is 29.6. The highest BCUT2D eigenvalue weighted by atomic mass is 35.5. The Balaban J connectivity index is 2.22. The number of aryl methyl sites for hydroxylation is 1. The van der Waals surface area contributed by atoms with Crippen molar-refractivity contribution in [2.45, 2.75) is 72.5 Å². The van der Waals surface area contributed by atoms with Gasteiger partial charge in [-0.25, -0.2) is 8.42 Å². The van der Waals surface area contributed by atoms with Crippen LogP contribution in [-0.4, -0.2) is 50.0 Å². The molecule has 9 heteroatoms. The van der Waals surface area contributed by atoms with Crippen molar-refractivity contribution in [2.75, 3.05) is 17.1 Å². The second-order valence-electron chi connectivity index (χ2n) is 9.26. The Morgan fingerprint density at radius 3 is 2.33 bits per heavy atom. The predicted molar refractivity (Wildman–Crippen MR) is 147 cm³/mol. The van der Waals surface area contributed by atoms with E-state index in [2.05, 4.69) is 5.32 Å². The molecule has 2 atom stereocenters. The Bertz CT molecular complexity index is 1170. The second kappa shape index (κ2) is 13.1. The molecule has 2 aromatic rings. The van der Waals surface area contributed by atoms with Gasteiger partial charge in [-0.1, -0.05) is 48.9 Å². The molecule has 0 aliphatic rings. The Morgan fingerprint density at radius 1 is 1.06 bits per heavy atom. The number of hydrogen-bond acceptors (Lipinski definition) is 4. The van der Waals surface area contributed by atoms with E-state index in [1.807, 2.05) is 45.0 Å². The van der Waals surface area contributed by atoms with Gasteiger partial charge in [0.25, 0.3) is 0 Å². The van der Waals surface area contributed by atoms with Gasteiger partial charge < -0.3 is 10.2 Å². The van der Waals surface area contributed by atoms with Gasteiger partial charge in [0.1, 0.15) is 6.04 Å². The Hall–Kier alpha value is -2.58. The molecule has 0 aliphatic heterocycles. The molecule has 0 bridgehead atoms. The lowest BCUT2D eigenvalue weighted by molar-refractivity contribution is -0.140. The van der Waals surface area contributed by atoms with Gasteiger partial charge in [0.15, 0.2) is 0 Å². The summed E-state index contributed by atoms with van der Waals surface area (Å²) in [7, 11) is -3.59. The number of rotatable bonds is 12. The Labute approximate surface area is 220 Å². The van der Waals surface area contributed by atoms with Crippen molar-refractivity contribution in [1.82, 2.24) is 10.2 Å². The van der Waals surface area contributed by atoms with E-state index < -0.39 is 16.1 Å². The minimum Gasteiger partial charge on any atom is -0.352 e. The van der Waals surface area contributed by atoms with Gasteiger partial charge in [0, 0.05) is 30.6 Å². The van der Waals surface area contributed by atoms with Gasteiger partial charge in [-0.2, -0.15) is 0 Å². The van der Waals surface area contributed by atoms with Gasteiger partial charge in [0.05, 0.1) is 11.9 Å². The summed E-state index contributed by atoms with van der Waals surface area (Å²) >= 11 is 6.21. The monoisotopic (exact) mass is 535 g/mol. The smallest absolute Gasteiger partial charge is 0.242 e. The van der Waals surface area contributed by atoms with E-state index in [9.17, 15) is 18.0 Å². The summed E-state index contributed by atoms with van der Waals surface area (Å²) in [6.07, 6.45) is 2.32. The number of sulfonamides is 1. The highest BCUT2D eigenvalue weighted by Crippen LogP contribution is 2.28. The van der Waals surface area contributed by atoms with Crippen molar-refractivity contribution in [3.05, 3.63) is 64.2 Å². The van der Waals surface area contributed by atoms with E-state index in [1.54, 1.807) is 36.9 Å². The highest BCUT2D eigenvalue weighted by molar-refractivity contribution is 7.92. The number of carbonyl (C=O) groups excluding carboxylic acids is 2. The van der Waals surface area contributed by atoms with E-state index >= 15 is 0 Å². The summed E-state index contributed by atoms with van der Waals surface area (Å²) < 4.78 is 26.4. The molecule has 2 rings (SSSR count). The molecule has 0 heterocycles. The number of nitrogens with zero attached hydrogens (tertiary/aromatic N) is 2. The minimum absolute atomic E-state index is 0.000353. The van der Waals surface area contributed by atoms with E-state index in [4.69, 9.17) is 11.6 Å². The third-order valence-electron chi connectivity index (χ3n) is 6.43. The average molecular weight is 536 g/mol. The zero-order chi connectivity index (χ0) is 27.0. The van der Waals surface area contributed by atoms with E-state index in [0.29, 0.717) is 29.2 Å². The molecule has 2 aromatic carbocycles. The van der Waals surface area contributed by atoms with Crippen LogP contribution < -0.4 is 9.62 Å². The molecule has 0 aromatic heterocycles. The van der Waals surface area contributed by atoms with Crippen molar-refractivity contribution < 1.29 is 18.0 Å². The third kappa shape index (κ3) is 7.96. The summed E-state index contributed by atoms with van der Waals surface area (Å²) in [6, 6.07) is 12.2. The van der Waals surface area contributed by atoms with Gasteiger partial charge >= 0.3 is 0 Å². The summed E-state index contributed by atoms with van der Waals surface area (Å²) in [4.78, 5) is 27.9. The normalized spacial score (nSPS) is 13.1. The molecule has 2 amide bonds. The zero-order valence-electron chi connectivity index (χ0n) is 22.0. The van der Waals surface area contributed by atoms with E-state index in [0.717, 1.165) is 23.8 Å². The molecule has 0 spiro atoms. The van der Waals surface area contributed by atoms with Crippen LogP contribution in [0.4, 0.5) is 5.69 Å². The molecule has 36 heavy (non-hydrogen) atoms. The lowest BCUT2D eigenvalue weighted by Gasteiger charge is -2.30. The highest BCUT2D eigenvalue weighted by Gasteiger charge is 2.28. The van der Waals surface area contributed by atoms with Crippen LogP contribution in [0.1, 0.15) is 56.7 Å². The first-order valence-corrected chi connectivity index (χ1v) is 14.5. The molecule has 1 N–H and O–H groups in total. The fourth-order valence-electron chi connectivity index (χ4n) is 3.87. The maximum absolute atomic E-state index is 13.4. The van der Waals surface area contributed by atoms with E-state index in [1.165, 1.54) is 4.31 Å². The van der Waals surface area contributed by atoms with E-state index in [-0.39, 0.29) is 30.8 Å². The number of amides is 2. The van der Waals surface area contributed by atoms with Crippen LogP contribution in [0, 0.1) is 13.8 Å². The van der Waals surface area contributed by atoms with Gasteiger partial charge in [-0.05, 0) is 69.4 Å². The summed E-state index contributed by atoms with van der Waals surface area (Å²) in [5.74, 6) is -0.417. The molecule has 7 nitrogen and oxygen atoms in total. The zero-order valence-corrected chi connectivity index (χ0v) is 23.6. The molecular weight excluding hydrogens is 498 g/mol. The van der Waals surface area contributed by atoms with Crippen LogP contribution in [0.25, 0.3) is 0 Å². The van der Waals surface area contributed by atoms with Crippen LogP contribution in [0.2, 0.25) is 5.02 Å². The van der Waals surface area contributed by atoms with Gasteiger partial charge in [-0.3, -0.25) is 13.9 Å². The summed E-state index contributed by atoms with van der Waals surface area (Å²) in [5, 5.41) is 3.43. The molecule has 0 radical (unpaired) electrons. The van der Waals surface area contributed by atoms with Crippen LogP contribution in [0.5, 0.6) is 0 Å². The summed E-state index contributed by atoms with van der Waals surface area (Å²) in [6.45, 7) is 9.80. The van der Waals surface area contributed by atoms with Gasteiger partial charge in [-0.15, -0.1) is 0 Å². The average Bonchev–Trinajstić information content (AvgIpc) is 2.82. The van der Waals surface area contributed by atoms with Crippen molar-refractivity contribution >= 4 is 39.1 Å². The maximum atomic E-state index is 13.4. The molecular formula is C27H38ClN3O4S. The lowest BCUT2D eigenvalue weighted by Crippen LogP contribution is -2.49. The minimum atomic E-state index is -3.59. The molecule has 0 saturated heterocycles. The largest absolute Gasteiger partial charge is 0.352 e. The first-order valence-electron chi connectivity index (χ1n) is 12.2. The Morgan fingerprint density at radius 2 is 1.72 bits per heavy atom. The standard InChI is InChI=1S/C27H38ClN3O4S/c1-7-20(3)29-27(33)22(5)30(18-23-13-9-8-12-19(23)2)26(32)16-11-17-31(36(6,34)35)25-15-10-14-24(28)21(25)4/h8-10,12-15,20,22H,7,11,16-18H2,1-6H3,(H,29,33)/t20-,22+/m0/s1. The third-order valence-corrected chi connectivity index (χ3v) is 8.02.